The highest BCUT2D eigenvalue weighted by atomic mass is 19.1. The third-order valence-electron chi connectivity index (χ3n) is 3.15. The van der Waals surface area contributed by atoms with E-state index in [1.54, 1.807) is 6.07 Å². The van der Waals surface area contributed by atoms with Crippen LogP contribution in [0.25, 0.3) is 0 Å². The Kier molecular flexibility index (Phi) is 3.74. The highest BCUT2D eigenvalue weighted by Gasteiger charge is 2.25. The molecule has 3 nitrogen and oxygen atoms in total. The fourth-order valence-electron chi connectivity index (χ4n) is 2.32. The van der Waals surface area contributed by atoms with Gasteiger partial charge in [0.15, 0.2) is 0 Å². The zero-order chi connectivity index (χ0) is 12.3. The molecule has 92 valence electrons. The van der Waals surface area contributed by atoms with Crippen LogP contribution in [0.5, 0.6) is 0 Å². The Hall–Kier alpha value is -1.42. The van der Waals surface area contributed by atoms with Crippen molar-refractivity contribution in [1.29, 1.82) is 0 Å². The van der Waals surface area contributed by atoms with E-state index in [9.17, 15) is 9.18 Å². The molecule has 0 saturated carbocycles. The van der Waals surface area contributed by atoms with Crippen molar-refractivity contribution >= 4 is 5.97 Å². The molecule has 0 aromatic heterocycles. The second-order valence-electron chi connectivity index (χ2n) is 4.52. The van der Waals surface area contributed by atoms with Crippen LogP contribution in [-0.2, 0) is 11.2 Å². The molecule has 1 fully saturated rings. The van der Waals surface area contributed by atoms with Gasteiger partial charge in [0, 0.05) is 6.04 Å². The van der Waals surface area contributed by atoms with Crippen LogP contribution in [-0.4, -0.2) is 23.2 Å². The Morgan fingerprint density at radius 1 is 1.47 bits per heavy atom. The van der Waals surface area contributed by atoms with Gasteiger partial charge in [0.1, 0.15) is 11.9 Å². The number of benzene rings is 1. The summed E-state index contributed by atoms with van der Waals surface area (Å²) in [5.74, 6) is -1.04. The second-order valence-corrected chi connectivity index (χ2v) is 4.52. The average molecular weight is 237 g/mol. The van der Waals surface area contributed by atoms with Gasteiger partial charge in [-0.1, -0.05) is 12.1 Å². The highest BCUT2D eigenvalue weighted by molar-refractivity contribution is 5.73. The van der Waals surface area contributed by atoms with Crippen molar-refractivity contribution in [3.8, 4) is 0 Å². The Labute approximate surface area is 99.7 Å². The number of nitrogens with one attached hydrogen (secondary N) is 1. The van der Waals surface area contributed by atoms with Gasteiger partial charge in [-0.15, -0.1) is 0 Å². The first-order valence-corrected chi connectivity index (χ1v) is 5.88. The largest absolute Gasteiger partial charge is 0.480 e. The average Bonchev–Trinajstić information content (AvgIpc) is 2.29. The smallest absolute Gasteiger partial charge is 0.320 e. The zero-order valence-corrected chi connectivity index (χ0v) is 9.53. The molecule has 2 rings (SSSR count). The molecule has 17 heavy (non-hydrogen) atoms. The van der Waals surface area contributed by atoms with Crippen molar-refractivity contribution in [1.82, 2.24) is 5.32 Å². The van der Waals surface area contributed by atoms with Crippen molar-refractivity contribution in [2.75, 3.05) is 0 Å². The Balaban J connectivity index is 1.97. The van der Waals surface area contributed by atoms with Crippen LogP contribution in [0.1, 0.15) is 24.8 Å². The Bertz CT molecular complexity index is 408. The number of hydrogen-bond donors (Lipinski definition) is 2. The molecule has 1 saturated heterocycles. The van der Waals surface area contributed by atoms with Crippen molar-refractivity contribution in [3.63, 3.8) is 0 Å². The van der Waals surface area contributed by atoms with Crippen LogP contribution < -0.4 is 5.32 Å². The van der Waals surface area contributed by atoms with E-state index in [4.69, 9.17) is 5.11 Å². The summed E-state index contributed by atoms with van der Waals surface area (Å²) in [6.07, 6.45) is 3.21. The number of rotatable bonds is 3. The maximum Gasteiger partial charge on any atom is 0.320 e. The number of piperidine rings is 1. The van der Waals surface area contributed by atoms with Crippen LogP contribution in [0, 0.1) is 5.82 Å². The van der Waals surface area contributed by atoms with Gasteiger partial charge in [0.2, 0.25) is 0 Å². The van der Waals surface area contributed by atoms with E-state index in [-0.39, 0.29) is 11.9 Å². The lowest BCUT2D eigenvalue weighted by Crippen LogP contribution is -2.47. The molecule has 1 aromatic rings. The van der Waals surface area contributed by atoms with Crippen molar-refractivity contribution in [3.05, 3.63) is 35.6 Å². The van der Waals surface area contributed by atoms with Crippen molar-refractivity contribution in [2.24, 2.45) is 0 Å². The van der Waals surface area contributed by atoms with Gasteiger partial charge in [0.05, 0.1) is 0 Å². The number of carboxylic acids is 1. The van der Waals surface area contributed by atoms with Crippen molar-refractivity contribution < 1.29 is 14.3 Å². The molecular weight excluding hydrogens is 221 g/mol. The first-order chi connectivity index (χ1) is 8.15. The maximum atomic E-state index is 13.0. The normalized spacial score (nSPS) is 24.5. The predicted molar refractivity (Wildman–Crippen MR) is 62.3 cm³/mol. The molecule has 1 heterocycles. The van der Waals surface area contributed by atoms with Crippen LogP contribution in [0.2, 0.25) is 0 Å². The Morgan fingerprint density at radius 2 is 2.29 bits per heavy atom. The minimum Gasteiger partial charge on any atom is -0.480 e. The molecule has 4 heteroatoms. The van der Waals surface area contributed by atoms with E-state index in [0.717, 1.165) is 18.4 Å². The standard InChI is InChI=1S/C13H16FNO2/c14-10-4-1-3-9(7-10)8-11-5-2-6-12(15-11)13(16)17/h1,3-4,7,11-12,15H,2,5-6,8H2,(H,16,17). The minimum absolute atomic E-state index is 0.131. The molecule has 0 amide bonds. The predicted octanol–water partition coefficient (Wildman–Crippen LogP) is 1.96. The van der Waals surface area contributed by atoms with Gasteiger partial charge in [-0.3, -0.25) is 4.79 Å². The van der Waals surface area contributed by atoms with E-state index < -0.39 is 12.0 Å². The summed E-state index contributed by atoms with van der Waals surface area (Å²) >= 11 is 0. The van der Waals surface area contributed by atoms with Crippen LogP contribution in [0.4, 0.5) is 4.39 Å². The number of hydrogen-bond acceptors (Lipinski definition) is 2. The molecule has 0 bridgehead atoms. The lowest BCUT2D eigenvalue weighted by atomic mass is 9.94. The monoisotopic (exact) mass is 237 g/mol. The summed E-state index contributed by atoms with van der Waals surface area (Å²) in [5, 5.41) is 12.0. The fourth-order valence-corrected chi connectivity index (χ4v) is 2.32. The quantitative estimate of drug-likeness (QED) is 0.845. The molecule has 2 atom stereocenters. The molecule has 0 aliphatic carbocycles. The first-order valence-electron chi connectivity index (χ1n) is 5.88. The molecule has 1 aliphatic heterocycles. The van der Waals surface area contributed by atoms with Gasteiger partial charge in [-0.2, -0.15) is 0 Å². The van der Waals surface area contributed by atoms with Gasteiger partial charge in [-0.05, 0) is 43.4 Å². The number of aliphatic carboxylic acids is 1. The first kappa shape index (κ1) is 12.0. The lowest BCUT2D eigenvalue weighted by molar-refractivity contribution is -0.140. The summed E-state index contributed by atoms with van der Waals surface area (Å²) in [7, 11) is 0. The molecule has 1 aliphatic rings. The lowest BCUT2D eigenvalue weighted by Gasteiger charge is -2.28. The topological polar surface area (TPSA) is 49.3 Å². The van der Waals surface area contributed by atoms with Gasteiger partial charge < -0.3 is 10.4 Å². The van der Waals surface area contributed by atoms with Gasteiger partial charge in [-0.25, -0.2) is 4.39 Å². The number of carboxylic acid groups (broad SMARTS) is 1. The summed E-state index contributed by atoms with van der Waals surface area (Å²) in [6.45, 7) is 0. The minimum atomic E-state index is -0.797. The second kappa shape index (κ2) is 5.27. The third kappa shape index (κ3) is 3.27. The molecule has 2 N–H and O–H groups in total. The fraction of sp³-hybridized carbons (Fsp3) is 0.462. The summed E-state index contributed by atoms with van der Waals surface area (Å²) in [6, 6.07) is 6.15. The summed E-state index contributed by atoms with van der Waals surface area (Å²) in [5.41, 5.74) is 0.911. The van der Waals surface area contributed by atoms with E-state index in [2.05, 4.69) is 5.32 Å². The number of halogens is 1. The summed E-state index contributed by atoms with van der Waals surface area (Å²) in [4.78, 5) is 10.9. The van der Waals surface area contributed by atoms with Crippen LogP contribution in [0.3, 0.4) is 0 Å². The van der Waals surface area contributed by atoms with Crippen LogP contribution in [0.15, 0.2) is 24.3 Å². The van der Waals surface area contributed by atoms with Gasteiger partial charge >= 0.3 is 5.97 Å². The molecule has 1 aromatic carbocycles. The van der Waals surface area contributed by atoms with Crippen molar-refractivity contribution in [2.45, 2.75) is 37.8 Å². The molecule has 0 spiro atoms. The summed E-state index contributed by atoms with van der Waals surface area (Å²) < 4.78 is 13.0. The molecular formula is C13H16FNO2. The molecule has 2 unspecified atom stereocenters. The third-order valence-corrected chi connectivity index (χ3v) is 3.15. The van der Waals surface area contributed by atoms with Crippen LogP contribution >= 0.6 is 0 Å². The van der Waals surface area contributed by atoms with Gasteiger partial charge in [0.25, 0.3) is 0 Å². The maximum absolute atomic E-state index is 13.0. The number of carbonyl (C=O) groups is 1. The van der Waals surface area contributed by atoms with E-state index in [0.29, 0.717) is 12.8 Å². The SMILES string of the molecule is O=C(O)C1CCCC(Cc2cccc(F)c2)N1. The molecule has 0 radical (unpaired) electrons. The van der Waals surface area contributed by atoms with E-state index in [1.807, 2.05) is 6.07 Å². The van der Waals surface area contributed by atoms with E-state index >= 15 is 0 Å². The zero-order valence-electron chi connectivity index (χ0n) is 9.53. The highest BCUT2D eigenvalue weighted by Crippen LogP contribution is 2.17. The van der Waals surface area contributed by atoms with E-state index in [1.165, 1.54) is 12.1 Å². The Morgan fingerprint density at radius 3 is 3.00 bits per heavy atom.